The van der Waals surface area contributed by atoms with Gasteiger partial charge in [0, 0.05) is 13.1 Å². The van der Waals surface area contributed by atoms with E-state index in [0.29, 0.717) is 25.9 Å². The molecule has 0 radical (unpaired) electrons. The van der Waals surface area contributed by atoms with E-state index < -0.39 is 5.54 Å². The molecule has 1 saturated heterocycles. The van der Waals surface area contributed by atoms with Crippen molar-refractivity contribution < 1.29 is 14.4 Å². The highest BCUT2D eigenvalue weighted by Gasteiger charge is 2.51. The molecule has 2 aromatic rings. The highest BCUT2D eigenvalue weighted by atomic mass is 16.2. The minimum absolute atomic E-state index is 0.0558. The van der Waals surface area contributed by atoms with Gasteiger partial charge in [-0.1, -0.05) is 55.3 Å². The van der Waals surface area contributed by atoms with Crippen molar-refractivity contribution in [3.05, 3.63) is 48.0 Å². The molecule has 146 valence electrons. The predicted octanol–water partition coefficient (Wildman–Crippen LogP) is 2.75. The lowest BCUT2D eigenvalue weighted by molar-refractivity contribution is -0.131. The molecule has 28 heavy (non-hydrogen) atoms. The first-order chi connectivity index (χ1) is 13.6. The average molecular weight is 379 g/mol. The number of imide groups is 1. The Morgan fingerprint density at radius 1 is 1.07 bits per heavy atom. The molecule has 1 spiro atoms. The molecule has 0 bridgehead atoms. The van der Waals surface area contributed by atoms with Gasteiger partial charge in [0.25, 0.3) is 5.91 Å². The molecule has 2 N–H and O–H groups in total. The topological polar surface area (TPSA) is 78.5 Å². The molecule has 1 aliphatic carbocycles. The summed E-state index contributed by atoms with van der Waals surface area (Å²) in [6.45, 7) is 0.777. The predicted molar refractivity (Wildman–Crippen MR) is 107 cm³/mol. The molecular formula is C22H25N3O3. The van der Waals surface area contributed by atoms with Crippen molar-refractivity contribution in [3.63, 3.8) is 0 Å². The minimum atomic E-state index is -0.656. The molecule has 6 heteroatoms. The fraction of sp³-hybridized carbons (Fsp3) is 0.409. The van der Waals surface area contributed by atoms with Gasteiger partial charge < -0.3 is 10.6 Å². The maximum Gasteiger partial charge on any atom is 0.325 e. The van der Waals surface area contributed by atoms with Crippen molar-refractivity contribution in [2.24, 2.45) is 0 Å². The van der Waals surface area contributed by atoms with Gasteiger partial charge in [0.1, 0.15) is 5.54 Å². The van der Waals surface area contributed by atoms with E-state index in [1.807, 2.05) is 42.5 Å². The van der Waals surface area contributed by atoms with Crippen molar-refractivity contribution in [2.45, 2.75) is 44.1 Å². The van der Waals surface area contributed by atoms with E-state index in [0.717, 1.165) is 42.0 Å². The van der Waals surface area contributed by atoms with E-state index in [1.165, 1.54) is 4.90 Å². The summed E-state index contributed by atoms with van der Waals surface area (Å²) in [4.78, 5) is 38.2. The van der Waals surface area contributed by atoms with Crippen LogP contribution in [0.3, 0.4) is 0 Å². The SMILES string of the molecule is O=C(Cc1ccc2ccccc2c1)NCCCN1C(=O)NC2(CCCC2)C1=O. The smallest absolute Gasteiger partial charge is 0.325 e. The van der Waals surface area contributed by atoms with E-state index in [4.69, 9.17) is 0 Å². The van der Waals surface area contributed by atoms with Crippen LogP contribution in [0.4, 0.5) is 4.79 Å². The highest BCUT2D eigenvalue weighted by Crippen LogP contribution is 2.34. The molecule has 2 aliphatic rings. The van der Waals surface area contributed by atoms with E-state index in [2.05, 4.69) is 10.6 Å². The summed E-state index contributed by atoms with van der Waals surface area (Å²) in [7, 11) is 0. The van der Waals surface area contributed by atoms with Crippen molar-refractivity contribution in [1.82, 2.24) is 15.5 Å². The van der Waals surface area contributed by atoms with Crippen molar-refractivity contribution in [2.75, 3.05) is 13.1 Å². The third-order valence-electron chi connectivity index (χ3n) is 5.76. The van der Waals surface area contributed by atoms with Crippen molar-refractivity contribution in [1.29, 1.82) is 0 Å². The van der Waals surface area contributed by atoms with Gasteiger partial charge in [0.05, 0.1) is 6.42 Å². The highest BCUT2D eigenvalue weighted by molar-refractivity contribution is 6.07. The molecule has 4 amide bonds. The molecule has 4 rings (SSSR count). The molecule has 1 saturated carbocycles. The van der Waals surface area contributed by atoms with Crippen molar-refractivity contribution >= 4 is 28.6 Å². The summed E-state index contributed by atoms with van der Waals surface area (Å²) < 4.78 is 0. The van der Waals surface area contributed by atoms with E-state index in [9.17, 15) is 14.4 Å². The Kier molecular flexibility index (Phi) is 5.03. The molecule has 2 aromatic carbocycles. The third kappa shape index (κ3) is 3.59. The Bertz CT molecular complexity index is 918. The molecular weight excluding hydrogens is 354 g/mol. The second-order valence-corrected chi connectivity index (χ2v) is 7.74. The molecule has 0 unspecified atom stereocenters. The maximum atomic E-state index is 12.6. The van der Waals surface area contributed by atoms with Crippen LogP contribution in [-0.4, -0.2) is 41.4 Å². The second-order valence-electron chi connectivity index (χ2n) is 7.74. The van der Waals surface area contributed by atoms with E-state index >= 15 is 0 Å². The van der Waals surface area contributed by atoms with Crippen LogP contribution in [0.15, 0.2) is 42.5 Å². The molecule has 1 heterocycles. The first kappa shape index (κ1) is 18.5. The molecule has 2 fully saturated rings. The van der Waals surface area contributed by atoms with Gasteiger partial charge in [-0.05, 0) is 35.6 Å². The normalized spacial score (nSPS) is 18.1. The number of urea groups is 1. The zero-order chi connectivity index (χ0) is 19.6. The van der Waals surface area contributed by atoms with Crippen molar-refractivity contribution in [3.8, 4) is 0 Å². The van der Waals surface area contributed by atoms with Gasteiger partial charge in [-0.2, -0.15) is 0 Å². The molecule has 0 aromatic heterocycles. The van der Waals surface area contributed by atoms with E-state index in [1.54, 1.807) is 0 Å². The number of fused-ring (bicyclic) bond motifs is 1. The summed E-state index contributed by atoms with van der Waals surface area (Å²) in [5.74, 6) is -0.155. The minimum Gasteiger partial charge on any atom is -0.356 e. The van der Waals surface area contributed by atoms with Crippen LogP contribution in [0.5, 0.6) is 0 Å². The number of amides is 4. The van der Waals surface area contributed by atoms with Crippen LogP contribution in [0, 0.1) is 0 Å². The summed E-state index contributed by atoms with van der Waals surface area (Å²) >= 11 is 0. The quantitative estimate of drug-likeness (QED) is 0.598. The van der Waals surface area contributed by atoms with Gasteiger partial charge in [0.15, 0.2) is 0 Å². The van der Waals surface area contributed by atoms with E-state index in [-0.39, 0.29) is 17.8 Å². The Labute approximate surface area is 164 Å². The first-order valence-electron chi connectivity index (χ1n) is 9.96. The summed E-state index contributed by atoms with van der Waals surface area (Å²) in [5.41, 5.74) is 0.310. The lowest BCUT2D eigenvalue weighted by Crippen LogP contribution is -2.44. The summed E-state index contributed by atoms with van der Waals surface area (Å²) in [6, 6.07) is 13.8. The number of nitrogens with zero attached hydrogens (tertiary/aromatic N) is 1. The maximum absolute atomic E-state index is 12.6. The Morgan fingerprint density at radius 2 is 1.82 bits per heavy atom. The van der Waals surface area contributed by atoms with Gasteiger partial charge in [-0.3, -0.25) is 14.5 Å². The lowest BCUT2D eigenvalue weighted by atomic mass is 9.98. The Morgan fingerprint density at radius 3 is 2.61 bits per heavy atom. The number of rotatable bonds is 6. The van der Waals surface area contributed by atoms with Crippen LogP contribution in [-0.2, 0) is 16.0 Å². The van der Waals surface area contributed by atoms with Gasteiger partial charge in [-0.15, -0.1) is 0 Å². The number of hydrogen-bond acceptors (Lipinski definition) is 3. The third-order valence-corrected chi connectivity index (χ3v) is 5.76. The molecule has 0 atom stereocenters. The monoisotopic (exact) mass is 379 g/mol. The van der Waals surface area contributed by atoms with Crippen LogP contribution >= 0.6 is 0 Å². The lowest BCUT2D eigenvalue weighted by Gasteiger charge is -2.20. The number of hydrogen-bond donors (Lipinski definition) is 2. The standard InChI is InChI=1S/C22H25N3O3/c26-19(15-16-8-9-17-6-1-2-7-18(17)14-16)23-12-5-13-25-20(27)22(24-21(25)28)10-3-4-11-22/h1-2,6-9,14H,3-5,10-13,15H2,(H,23,26)(H,24,28). The summed E-state index contributed by atoms with van der Waals surface area (Å²) in [5, 5.41) is 8.03. The Hall–Kier alpha value is -2.89. The molecule has 6 nitrogen and oxygen atoms in total. The van der Waals surface area contributed by atoms with Gasteiger partial charge >= 0.3 is 6.03 Å². The largest absolute Gasteiger partial charge is 0.356 e. The number of carbonyl (C=O) groups excluding carboxylic acids is 3. The summed E-state index contributed by atoms with van der Waals surface area (Å²) in [6.07, 6.45) is 4.29. The zero-order valence-corrected chi connectivity index (χ0v) is 15.9. The van der Waals surface area contributed by atoms with Crippen LogP contribution in [0.2, 0.25) is 0 Å². The van der Waals surface area contributed by atoms with Gasteiger partial charge in [0.2, 0.25) is 5.91 Å². The fourth-order valence-corrected chi connectivity index (χ4v) is 4.26. The van der Waals surface area contributed by atoms with Gasteiger partial charge in [-0.25, -0.2) is 4.79 Å². The zero-order valence-electron chi connectivity index (χ0n) is 15.9. The first-order valence-corrected chi connectivity index (χ1v) is 9.96. The Balaban J connectivity index is 1.24. The second kappa shape index (κ2) is 7.62. The fourth-order valence-electron chi connectivity index (χ4n) is 4.26. The van der Waals surface area contributed by atoms with Crippen LogP contribution in [0.25, 0.3) is 10.8 Å². The van der Waals surface area contributed by atoms with Crippen LogP contribution < -0.4 is 10.6 Å². The van der Waals surface area contributed by atoms with Crippen LogP contribution in [0.1, 0.15) is 37.7 Å². The number of benzene rings is 2. The average Bonchev–Trinajstić information content (AvgIpc) is 3.25. The number of carbonyl (C=O) groups is 3. The number of nitrogens with one attached hydrogen (secondary N) is 2. The molecule has 1 aliphatic heterocycles.